The average molecular weight is 515 g/mol. The van der Waals surface area contributed by atoms with Gasteiger partial charge in [-0.15, -0.1) is 0 Å². The molecule has 5 rings (SSSR count). The molecule has 1 aliphatic heterocycles. The molecule has 1 aromatic heterocycles. The topological polar surface area (TPSA) is 110 Å². The molecule has 188 valence electrons. The zero-order valence-electron chi connectivity index (χ0n) is 20.4. The lowest BCUT2D eigenvalue weighted by Crippen LogP contribution is -2.40. The van der Waals surface area contributed by atoms with E-state index < -0.39 is 22.0 Å². The van der Waals surface area contributed by atoms with Gasteiger partial charge < -0.3 is 10.1 Å². The summed E-state index contributed by atoms with van der Waals surface area (Å²) in [5, 5.41) is 2.99. The molecule has 8 nitrogen and oxygen atoms in total. The largest absolute Gasteiger partial charge is 0.475 e. The lowest BCUT2D eigenvalue weighted by Gasteiger charge is -2.20. The van der Waals surface area contributed by atoms with E-state index in [1.165, 1.54) is 18.2 Å². The van der Waals surface area contributed by atoms with Gasteiger partial charge in [-0.3, -0.25) is 4.79 Å². The van der Waals surface area contributed by atoms with Gasteiger partial charge in [-0.05, 0) is 55.2 Å². The summed E-state index contributed by atoms with van der Waals surface area (Å²) in [5.74, 6) is -0.308. The van der Waals surface area contributed by atoms with Crippen molar-refractivity contribution in [3.05, 3.63) is 101 Å². The molecule has 4 aromatic rings. The van der Waals surface area contributed by atoms with Crippen LogP contribution in [0.25, 0.3) is 11.3 Å². The number of aromatic nitrogens is 2. The first-order valence-electron chi connectivity index (χ1n) is 11.8. The molecule has 9 heteroatoms. The highest BCUT2D eigenvalue weighted by molar-refractivity contribution is 7.92. The minimum atomic E-state index is -4.07. The van der Waals surface area contributed by atoms with E-state index in [9.17, 15) is 13.2 Å². The molecule has 2 N–H and O–H groups in total. The Bertz CT molecular complexity index is 1550. The number of carbonyl (C=O) groups excluding carboxylic acids is 1. The summed E-state index contributed by atoms with van der Waals surface area (Å²) in [6, 6.07) is 22.8. The number of rotatable bonds is 3. The Labute approximate surface area is 215 Å². The third kappa shape index (κ3) is 5.46. The Morgan fingerprint density at radius 1 is 0.919 bits per heavy atom. The van der Waals surface area contributed by atoms with Gasteiger partial charge >= 0.3 is 0 Å². The minimum absolute atomic E-state index is 0.0671. The van der Waals surface area contributed by atoms with Gasteiger partial charge in [0.1, 0.15) is 6.61 Å². The molecule has 0 radical (unpaired) electrons. The number of hydrogen-bond donors (Lipinski definition) is 2. The molecule has 0 spiro atoms. The Kier molecular flexibility index (Phi) is 6.62. The van der Waals surface area contributed by atoms with Crippen LogP contribution >= 0.6 is 0 Å². The maximum absolute atomic E-state index is 13.2. The van der Waals surface area contributed by atoms with Crippen molar-refractivity contribution in [1.29, 1.82) is 0 Å². The van der Waals surface area contributed by atoms with Gasteiger partial charge in [0.2, 0.25) is 11.8 Å². The summed E-state index contributed by atoms with van der Waals surface area (Å²) in [7, 11) is -4.07. The van der Waals surface area contributed by atoms with Crippen molar-refractivity contribution in [2.45, 2.75) is 31.2 Å². The normalized spacial score (nSPS) is 16.7. The van der Waals surface area contributed by atoms with Crippen molar-refractivity contribution >= 4 is 21.9 Å². The van der Waals surface area contributed by atoms with Gasteiger partial charge in [0, 0.05) is 17.2 Å². The van der Waals surface area contributed by atoms with Gasteiger partial charge in [0.05, 0.1) is 16.6 Å². The highest BCUT2D eigenvalue weighted by Gasteiger charge is 2.23. The lowest BCUT2D eigenvalue weighted by molar-refractivity contribution is 0.0920. The SMILES string of the molecule is Cc1cccc(C)c1-c1cc2nc(n1)NS(=O)(=O)c1cccc(c1)C(=O)NC(Cc1ccccc1)CO2. The quantitative estimate of drug-likeness (QED) is 0.422. The van der Waals surface area contributed by atoms with Crippen LogP contribution in [-0.4, -0.2) is 36.9 Å². The van der Waals surface area contributed by atoms with Crippen LogP contribution < -0.4 is 14.8 Å². The van der Waals surface area contributed by atoms with E-state index in [1.807, 2.05) is 62.4 Å². The summed E-state index contributed by atoms with van der Waals surface area (Å²) in [6.45, 7) is 4.05. The zero-order valence-corrected chi connectivity index (χ0v) is 21.2. The Balaban J connectivity index is 1.61. The monoisotopic (exact) mass is 514 g/mol. The molecule has 37 heavy (non-hydrogen) atoms. The number of carbonyl (C=O) groups is 1. The second kappa shape index (κ2) is 10.0. The number of sulfonamides is 1. The number of aryl methyl sites for hydroxylation is 2. The fraction of sp³-hybridized carbons (Fsp3) is 0.179. The highest BCUT2D eigenvalue weighted by Crippen LogP contribution is 2.29. The van der Waals surface area contributed by atoms with Crippen LogP contribution in [0.4, 0.5) is 5.95 Å². The second-order valence-corrected chi connectivity index (χ2v) is 10.7. The van der Waals surface area contributed by atoms with Crippen LogP contribution in [-0.2, 0) is 16.4 Å². The molecular formula is C28H26N4O4S. The van der Waals surface area contributed by atoms with E-state index in [1.54, 1.807) is 12.1 Å². The van der Waals surface area contributed by atoms with Crippen LogP contribution in [0.1, 0.15) is 27.0 Å². The van der Waals surface area contributed by atoms with Gasteiger partial charge in [-0.25, -0.2) is 18.1 Å². The van der Waals surface area contributed by atoms with Crippen LogP contribution in [0.5, 0.6) is 5.88 Å². The standard InChI is InChI=1S/C28H26N4O4S/c1-18-8-6-9-19(2)26(18)24-16-25-31-28(30-24)32-37(34,35)23-13-7-12-21(15-23)27(33)29-22(17-36-25)14-20-10-4-3-5-11-20/h3-13,15-16,22H,14,17H2,1-2H3,(H,29,33)(H,30,31,32). The second-order valence-electron chi connectivity index (χ2n) is 8.99. The Morgan fingerprint density at radius 2 is 1.65 bits per heavy atom. The molecule has 1 unspecified atom stereocenters. The number of amides is 1. The average Bonchev–Trinajstić information content (AvgIpc) is 2.87. The molecule has 1 atom stereocenters. The summed E-state index contributed by atoms with van der Waals surface area (Å²) >= 11 is 0. The Hall–Kier alpha value is -4.24. The minimum Gasteiger partial charge on any atom is -0.475 e. The van der Waals surface area contributed by atoms with Crippen molar-refractivity contribution in [2.24, 2.45) is 0 Å². The van der Waals surface area contributed by atoms with Gasteiger partial charge in [0.25, 0.3) is 15.9 Å². The molecule has 4 bridgehead atoms. The van der Waals surface area contributed by atoms with Gasteiger partial charge in [-0.2, -0.15) is 4.98 Å². The number of hydrogen-bond acceptors (Lipinski definition) is 6. The van der Waals surface area contributed by atoms with Crippen molar-refractivity contribution in [2.75, 3.05) is 11.3 Å². The number of benzene rings is 3. The van der Waals surface area contributed by atoms with Crippen LogP contribution in [0.15, 0.2) is 83.8 Å². The highest BCUT2D eigenvalue weighted by atomic mass is 32.2. The molecule has 0 saturated heterocycles. The first kappa shape index (κ1) is 24.5. The molecule has 0 aliphatic carbocycles. The van der Waals surface area contributed by atoms with E-state index >= 15 is 0 Å². The molecule has 2 heterocycles. The van der Waals surface area contributed by atoms with Crippen molar-refractivity contribution in [1.82, 2.24) is 15.3 Å². The predicted octanol–water partition coefficient (Wildman–Crippen LogP) is 4.29. The molecular weight excluding hydrogens is 488 g/mol. The molecule has 3 aromatic carbocycles. The number of nitrogens with zero attached hydrogens (tertiary/aromatic N) is 2. The van der Waals surface area contributed by atoms with E-state index in [4.69, 9.17) is 4.74 Å². The van der Waals surface area contributed by atoms with Gasteiger partial charge in [-0.1, -0.05) is 54.6 Å². The van der Waals surface area contributed by atoms with E-state index in [0.717, 1.165) is 22.3 Å². The first-order valence-corrected chi connectivity index (χ1v) is 13.3. The summed E-state index contributed by atoms with van der Waals surface area (Å²) in [4.78, 5) is 21.9. The van der Waals surface area contributed by atoms with Crippen molar-refractivity contribution in [3.8, 4) is 17.1 Å². The number of anilines is 1. The molecule has 0 fully saturated rings. The van der Waals surface area contributed by atoms with Crippen molar-refractivity contribution in [3.63, 3.8) is 0 Å². The summed E-state index contributed by atoms with van der Waals surface area (Å²) < 4.78 is 34.9. The van der Waals surface area contributed by atoms with Crippen LogP contribution in [0, 0.1) is 13.8 Å². The van der Waals surface area contributed by atoms with Gasteiger partial charge in [0.15, 0.2) is 0 Å². The van der Waals surface area contributed by atoms with E-state index in [-0.39, 0.29) is 28.9 Å². The van der Waals surface area contributed by atoms with Crippen LogP contribution in [0.3, 0.4) is 0 Å². The predicted molar refractivity (Wildman–Crippen MR) is 141 cm³/mol. The molecule has 0 saturated carbocycles. The maximum atomic E-state index is 13.2. The fourth-order valence-electron chi connectivity index (χ4n) is 4.38. The van der Waals surface area contributed by atoms with Crippen molar-refractivity contribution < 1.29 is 17.9 Å². The number of nitrogens with one attached hydrogen (secondary N) is 2. The van der Waals surface area contributed by atoms with E-state index in [0.29, 0.717) is 12.1 Å². The summed E-state index contributed by atoms with van der Waals surface area (Å²) in [6.07, 6.45) is 0.518. The molecule has 1 amide bonds. The fourth-order valence-corrected chi connectivity index (χ4v) is 5.37. The smallest absolute Gasteiger partial charge is 0.264 e. The Morgan fingerprint density at radius 3 is 2.41 bits per heavy atom. The number of ether oxygens (including phenoxy) is 1. The van der Waals surface area contributed by atoms with Crippen LogP contribution in [0.2, 0.25) is 0 Å². The maximum Gasteiger partial charge on any atom is 0.264 e. The third-order valence-corrected chi connectivity index (χ3v) is 7.49. The number of fused-ring (bicyclic) bond motifs is 4. The lowest BCUT2D eigenvalue weighted by atomic mass is 10.00. The first-order chi connectivity index (χ1) is 17.8. The molecule has 1 aliphatic rings. The summed E-state index contributed by atoms with van der Waals surface area (Å²) in [5.41, 5.74) is 4.63. The van der Waals surface area contributed by atoms with E-state index in [2.05, 4.69) is 20.0 Å². The zero-order chi connectivity index (χ0) is 26.0. The third-order valence-electron chi connectivity index (χ3n) is 6.16.